The predicted molar refractivity (Wildman–Crippen MR) is 89.0 cm³/mol. The molecule has 1 heterocycles. The summed E-state index contributed by atoms with van der Waals surface area (Å²) in [6.07, 6.45) is 0. The van der Waals surface area contributed by atoms with Gasteiger partial charge in [-0.1, -0.05) is 26.0 Å². The van der Waals surface area contributed by atoms with Gasteiger partial charge in [0.05, 0.1) is 0 Å². The number of piperazine rings is 1. The van der Waals surface area contributed by atoms with E-state index in [-0.39, 0.29) is 5.54 Å². The zero-order chi connectivity index (χ0) is 15.5. The van der Waals surface area contributed by atoms with Gasteiger partial charge >= 0.3 is 0 Å². The third-order valence-electron chi connectivity index (χ3n) is 4.26. The molecule has 0 aliphatic carbocycles. The Hall–Kier alpha value is -1.06. The fourth-order valence-electron chi connectivity index (χ4n) is 3.08. The van der Waals surface area contributed by atoms with Gasteiger partial charge in [0.15, 0.2) is 0 Å². The van der Waals surface area contributed by atoms with Crippen molar-refractivity contribution in [3.63, 3.8) is 0 Å². The van der Waals surface area contributed by atoms with Gasteiger partial charge in [0.25, 0.3) is 0 Å². The van der Waals surface area contributed by atoms with Crippen LogP contribution in [0.25, 0.3) is 0 Å². The third kappa shape index (κ3) is 4.72. The second kappa shape index (κ2) is 6.80. The minimum Gasteiger partial charge on any atom is -0.492 e. The number of nitrogens with zero attached hydrogens (tertiary/aromatic N) is 1. The molecule has 21 heavy (non-hydrogen) atoms. The van der Waals surface area contributed by atoms with E-state index in [1.54, 1.807) is 0 Å². The van der Waals surface area contributed by atoms with Crippen molar-refractivity contribution in [3.05, 3.63) is 29.8 Å². The van der Waals surface area contributed by atoms with E-state index >= 15 is 0 Å². The van der Waals surface area contributed by atoms with E-state index in [1.165, 1.54) is 5.56 Å². The Kier molecular flexibility index (Phi) is 5.28. The van der Waals surface area contributed by atoms with E-state index in [1.807, 2.05) is 6.07 Å². The smallest absolute Gasteiger partial charge is 0.119 e. The Labute approximate surface area is 129 Å². The topological polar surface area (TPSA) is 24.5 Å². The largest absolute Gasteiger partial charge is 0.492 e. The summed E-state index contributed by atoms with van der Waals surface area (Å²) >= 11 is 0. The van der Waals surface area contributed by atoms with Crippen LogP contribution in [-0.2, 0) is 0 Å². The minimum atomic E-state index is 0.189. The van der Waals surface area contributed by atoms with Crippen LogP contribution in [-0.4, -0.2) is 42.7 Å². The quantitative estimate of drug-likeness (QED) is 0.902. The van der Waals surface area contributed by atoms with E-state index in [2.05, 4.69) is 63.0 Å². The highest BCUT2D eigenvalue weighted by molar-refractivity contribution is 5.27. The maximum Gasteiger partial charge on any atom is 0.119 e. The Bertz CT molecular complexity index is 456. The normalized spacial score (nSPS) is 22.5. The summed E-state index contributed by atoms with van der Waals surface area (Å²) in [5.74, 6) is 1.64. The highest BCUT2D eigenvalue weighted by Crippen LogP contribution is 2.20. The first-order chi connectivity index (χ1) is 9.87. The van der Waals surface area contributed by atoms with Crippen LogP contribution in [0.2, 0.25) is 0 Å². The van der Waals surface area contributed by atoms with Gasteiger partial charge in [0.2, 0.25) is 0 Å². The van der Waals surface area contributed by atoms with E-state index in [9.17, 15) is 0 Å². The van der Waals surface area contributed by atoms with Gasteiger partial charge in [-0.15, -0.1) is 0 Å². The molecule has 3 nitrogen and oxygen atoms in total. The maximum absolute atomic E-state index is 5.92. The molecule has 118 valence electrons. The first-order valence-electron chi connectivity index (χ1n) is 8.06. The SMILES string of the molecule is Cc1cccc(OCCN2CC(C)(C)NCC2C(C)C)c1. The molecule has 1 atom stereocenters. The van der Waals surface area contributed by atoms with Crippen molar-refractivity contribution in [1.29, 1.82) is 0 Å². The van der Waals surface area contributed by atoms with Crippen molar-refractivity contribution in [2.24, 2.45) is 5.92 Å². The monoisotopic (exact) mass is 290 g/mol. The van der Waals surface area contributed by atoms with Crippen LogP contribution >= 0.6 is 0 Å². The van der Waals surface area contributed by atoms with Gasteiger partial charge in [-0.3, -0.25) is 4.90 Å². The lowest BCUT2D eigenvalue weighted by Crippen LogP contribution is -2.63. The molecule has 1 unspecified atom stereocenters. The lowest BCUT2D eigenvalue weighted by atomic mass is 9.93. The van der Waals surface area contributed by atoms with E-state index in [0.717, 1.165) is 32.0 Å². The number of hydrogen-bond acceptors (Lipinski definition) is 3. The molecule has 0 bridgehead atoms. The van der Waals surface area contributed by atoms with Crippen LogP contribution in [0.4, 0.5) is 0 Å². The molecule has 2 rings (SSSR count). The summed E-state index contributed by atoms with van der Waals surface area (Å²) in [6, 6.07) is 8.88. The first-order valence-corrected chi connectivity index (χ1v) is 8.06. The molecule has 1 N–H and O–H groups in total. The molecule has 1 aromatic rings. The average Bonchev–Trinajstić information content (AvgIpc) is 2.37. The maximum atomic E-state index is 5.92. The Morgan fingerprint density at radius 3 is 2.81 bits per heavy atom. The molecule has 1 aliphatic rings. The Balaban J connectivity index is 1.89. The summed E-state index contributed by atoms with van der Waals surface area (Å²) in [5, 5.41) is 3.65. The fraction of sp³-hybridized carbons (Fsp3) is 0.667. The summed E-state index contributed by atoms with van der Waals surface area (Å²) in [6.45, 7) is 15.1. The third-order valence-corrected chi connectivity index (χ3v) is 4.26. The van der Waals surface area contributed by atoms with Crippen LogP contribution in [0.15, 0.2) is 24.3 Å². The van der Waals surface area contributed by atoms with Crippen molar-refractivity contribution in [1.82, 2.24) is 10.2 Å². The zero-order valence-electron chi connectivity index (χ0n) is 14.1. The minimum absolute atomic E-state index is 0.189. The Morgan fingerprint density at radius 2 is 2.14 bits per heavy atom. The average molecular weight is 290 g/mol. The highest BCUT2D eigenvalue weighted by Gasteiger charge is 2.33. The highest BCUT2D eigenvalue weighted by atomic mass is 16.5. The zero-order valence-corrected chi connectivity index (χ0v) is 14.1. The van der Waals surface area contributed by atoms with Gasteiger partial charge < -0.3 is 10.1 Å². The van der Waals surface area contributed by atoms with Crippen LogP contribution in [0, 0.1) is 12.8 Å². The predicted octanol–water partition coefficient (Wildman–Crippen LogP) is 3.08. The molecule has 0 radical (unpaired) electrons. The summed E-state index contributed by atoms with van der Waals surface area (Å²) < 4.78 is 5.92. The van der Waals surface area contributed by atoms with Crippen molar-refractivity contribution < 1.29 is 4.74 Å². The van der Waals surface area contributed by atoms with Gasteiger partial charge in [-0.2, -0.15) is 0 Å². The molecule has 1 aromatic carbocycles. The van der Waals surface area contributed by atoms with Gasteiger partial charge in [0.1, 0.15) is 12.4 Å². The molecule has 1 fully saturated rings. The lowest BCUT2D eigenvalue weighted by Gasteiger charge is -2.46. The molecule has 0 saturated carbocycles. The summed E-state index contributed by atoms with van der Waals surface area (Å²) in [7, 11) is 0. The van der Waals surface area contributed by atoms with Crippen LogP contribution in [0.5, 0.6) is 5.75 Å². The van der Waals surface area contributed by atoms with Crippen LogP contribution in [0.3, 0.4) is 0 Å². The number of nitrogens with one attached hydrogen (secondary N) is 1. The van der Waals surface area contributed by atoms with E-state index < -0.39 is 0 Å². The summed E-state index contributed by atoms with van der Waals surface area (Å²) in [5.41, 5.74) is 1.44. The molecule has 0 spiro atoms. The summed E-state index contributed by atoms with van der Waals surface area (Å²) in [4.78, 5) is 2.58. The molecular formula is C18H30N2O. The van der Waals surface area contributed by atoms with Gasteiger partial charge in [-0.25, -0.2) is 0 Å². The molecule has 0 amide bonds. The van der Waals surface area contributed by atoms with Crippen LogP contribution in [0.1, 0.15) is 33.3 Å². The second-order valence-corrected chi connectivity index (χ2v) is 7.21. The van der Waals surface area contributed by atoms with Crippen molar-refractivity contribution in [3.8, 4) is 5.75 Å². The van der Waals surface area contributed by atoms with Crippen molar-refractivity contribution in [2.45, 2.75) is 46.2 Å². The molecule has 1 aliphatic heterocycles. The number of aryl methyl sites for hydroxylation is 1. The molecular weight excluding hydrogens is 260 g/mol. The number of benzene rings is 1. The van der Waals surface area contributed by atoms with Crippen molar-refractivity contribution in [2.75, 3.05) is 26.2 Å². The first kappa shape index (κ1) is 16.3. The molecule has 3 heteroatoms. The number of rotatable bonds is 5. The van der Waals surface area contributed by atoms with Crippen molar-refractivity contribution >= 4 is 0 Å². The number of hydrogen-bond donors (Lipinski definition) is 1. The Morgan fingerprint density at radius 1 is 1.38 bits per heavy atom. The van der Waals surface area contributed by atoms with E-state index in [0.29, 0.717) is 12.0 Å². The van der Waals surface area contributed by atoms with E-state index in [4.69, 9.17) is 4.74 Å². The lowest BCUT2D eigenvalue weighted by molar-refractivity contribution is 0.0573. The molecule has 0 aromatic heterocycles. The second-order valence-electron chi connectivity index (χ2n) is 7.21. The fourth-order valence-corrected chi connectivity index (χ4v) is 3.08. The van der Waals surface area contributed by atoms with Gasteiger partial charge in [-0.05, 0) is 44.4 Å². The van der Waals surface area contributed by atoms with Crippen LogP contribution < -0.4 is 10.1 Å². The van der Waals surface area contributed by atoms with Gasteiger partial charge in [0, 0.05) is 31.2 Å². The molecule has 1 saturated heterocycles. The number of ether oxygens (including phenoxy) is 1. The standard InChI is InChI=1S/C18H30N2O/c1-14(2)17-12-19-18(4,5)13-20(17)9-10-21-16-8-6-7-15(3)11-16/h6-8,11,14,17,19H,9-10,12-13H2,1-5H3.